The molecule has 0 saturated heterocycles. The lowest BCUT2D eigenvalue weighted by Crippen LogP contribution is -2.10. The fourth-order valence-electron chi connectivity index (χ4n) is 2.09. The molecule has 0 aliphatic carbocycles. The van der Waals surface area contributed by atoms with Crippen LogP contribution in [0.25, 0.3) is 0 Å². The van der Waals surface area contributed by atoms with E-state index in [9.17, 15) is 0 Å². The van der Waals surface area contributed by atoms with Crippen LogP contribution in [0.15, 0.2) is 48.5 Å². The molecule has 3 heteroatoms. The van der Waals surface area contributed by atoms with Gasteiger partial charge in [-0.25, -0.2) is 0 Å². The molecule has 0 aliphatic rings. The molecular formula is C16H17Cl2N. The van der Waals surface area contributed by atoms with Gasteiger partial charge in [0.15, 0.2) is 0 Å². The topological polar surface area (TPSA) is 26.0 Å². The molecular weight excluding hydrogens is 277 g/mol. The number of hydrogen-bond donors (Lipinski definition) is 1. The van der Waals surface area contributed by atoms with Crippen LogP contribution in [0.3, 0.4) is 0 Å². The highest BCUT2D eigenvalue weighted by atomic mass is 35.5. The lowest BCUT2D eigenvalue weighted by atomic mass is 10.00. The second kappa shape index (κ2) is 6.95. The zero-order chi connectivity index (χ0) is 13.7. The first kappa shape index (κ1) is 14.4. The first-order valence-electron chi connectivity index (χ1n) is 6.41. The standard InChI is InChI=1S/C16H17Cl2N/c17-14-10-9-12(11-15(14)18)5-4-8-16(19)13-6-2-1-3-7-13/h1-3,6-7,9-11,16H,4-5,8,19H2. The first-order valence-corrected chi connectivity index (χ1v) is 7.17. The predicted octanol–water partition coefficient (Wildman–Crippen LogP) is 5.02. The number of halogens is 2. The van der Waals surface area contributed by atoms with Gasteiger partial charge in [-0.3, -0.25) is 0 Å². The van der Waals surface area contributed by atoms with Gasteiger partial charge in [-0.2, -0.15) is 0 Å². The number of benzene rings is 2. The maximum Gasteiger partial charge on any atom is 0.0595 e. The van der Waals surface area contributed by atoms with Crippen molar-refractivity contribution in [1.82, 2.24) is 0 Å². The third kappa shape index (κ3) is 4.24. The predicted molar refractivity (Wildman–Crippen MR) is 82.8 cm³/mol. The van der Waals surface area contributed by atoms with E-state index >= 15 is 0 Å². The zero-order valence-corrected chi connectivity index (χ0v) is 12.2. The van der Waals surface area contributed by atoms with Gasteiger partial charge in [-0.1, -0.05) is 59.6 Å². The molecule has 19 heavy (non-hydrogen) atoms. The fraction of sp³-hybridized carbons (Fsp3) is 0.250. The molecule has 1 atom stereocenters. The van der Waals surface area contributed by atoms with E-state index in [-0.39, 0.29) is 6.04 Å². The molecule has 0 aliphatic heterocycles. The van der Waals surface area contributed by atoms with E-state index in [2.05, 4.69) is 12.1 Å². The summed E-state index contributed by atoms with van der Waals surface area (Å²) in [4.78, 5) is 0. The smallest absolute Gasteiger partial charge is 0.0595 e. The third-order valence-corrected chi connectivity index (χ3v) is 3.93. The van der Waals surface area contributed by atoms with Gasteiger partial charge < -0.3 is 5.73 Å². The van der Waals surface area contributed by atoms with Crippen molar-refractivity contribution in [3.63, 3.8) is 0 Å². The summed E-state index contributed by atoms with van der Waals surface area (Å²) in [6, 6.07) is 16.1. The van der Waals surface area contributed by atoms with Crippen LogP contribution in [0, 0.1) is 0 Å². The lowest BCUT2D eigenvalue weighted by molar-refractivity contribution is 0.611. The van der Waals surface area contributed by atoms with Crippen molar-refractivity contribution in [1.29, 1.82) is 0 Å². The number of rotatable bonds is 5. The van der Waals surface area contributed by atoms with Gasteiger partial charge in [-0.05, 0) is 42.5 Å². The molecule has 0 spiro atoms. The summed E-state index contributed by atoms with van der Waals surface area (Å²) < 4.78 is 0. The van der Waals surface area contributed by atoms with Gasteiger partial charge in [0.25, 0.3) is 0 Å². The Balaban J connectivity index is 1.85. The maximum absolute atomic E-state index is 6.17. The number of hydrogen-bond acceptors (Lipinski definition) is 1. The van der Waals surface area contributed by atoms with Gasteiger partial charge in [-0.15, -0.1) is 0 Å². The molecule has 1 unspecified atom stereocenters. The summed E-state index contributed by atoms with van der Waals surface area (Å²) in [5.41, 5.74) is 8.56. The quantitative estimate of drug-likeness (QED) is 0.823. The summed E-state index contributed by atoms with van der Waals surface area (Å²) >= 11 is 11.9. The highest BCUT2D eigenvalue weighted by Crippen LogP contribution is 2.24. The van der Waals surface area contributed by atoms with Crippen molar-refractivity contribution in [3.05, 3.63) is 69.7 Å². The largest absolute Gasteiger partial charge is 0.324 e. The minimum absolute atomic E-state index is 0.101. The summed E-state index contributed by atoms with van der Waals surface area (Å²) in [7, 11) is 0. The molecule has 2 N–H and O–H groups in total. The van der Waals surface area contributed by atoms with Gasteiger partial charge in [0.1, 0.15) is 0 Å². The second-order valence-electron chi connectivity index (χ2n) is 4.66. The molecule has 0 heterocycles. The monoisotopic (exact) mass is 293 g/mol. The van der Waals surface area contributed by atoms with Crippen molar-refractivity contribution in [3.8, 4) is 0 Å². The Kier molecular flexibility index (Phi) is 5.26. The van der Waals surface area contributed by atoms with Crippen molar-refractivity contribution in [2.75, 3.05) is 0 Å². The third-order valence-electron chi connectivity index (χ3n) is 3.19. The Labute approximate surface area is 124 Å². The molecule has 0 amide bonds. The maximum atomic E-state index is 6.17. The summed E-state index contributed by atoms with van der Waals surface area (Å²) in [6.07, 6.45) is 2.97. The fourth-order valence-corrected chi connectivity index (χ4v) is 2.41. The molecule has 0 aromatic heterocycles. The van der Waals surface area contributed by atoms with E-state index < -0.39 is 0 Å². The molecule has 2 rings (SSSR count). The molecule has 100 valence electrons. The van der Waals surface area contributed by atoms with Crippen LogP contribution in [-0.4, -0.2) is 0 Å². The van der Waals surface area contributed by atoms with Crippen LogP contribution in [-0.2, 0) is 6.42 Å². The Morgan fingerprint density at radius 1 is 0.947 bits per heavy atom. The van der Waals surface area contributed by atoms with E-state index in [1.807, 2.05) is 36.4 Å². The van der Waals surface area contributed by atoms with Crippen molar-refractivity contribution >= 4 is 23.2 Å². The molecule has 1 nitrogen and oxygen atoms in total. The minimum atomic E-state index is 0.101. The first-order chi connectivity index (χ1) is 9.16. The minimum Gasteiger partial charge on any atom is -0.324 e. The molecule has 0 radical (unpaired) electrons. The molecule has 2 aromatic rings. The summed E-state index contributed by atoms with van der Waals surface area (Å²) in [5, 5.41) is 1.22. The van der Waals surface area contributed by atoms with E-state index in [1.54, 1.807) is 0 Å². The number of nitrogens with two attached hydrogens (primary N) is 1. The van der Waals surface area contributed by atoms with Gasteiger partial charge >= 0.3 is 0 Å². The average molecular weight is 294 g/mol. The lowest BCUT2D eigenvalue weighted by Gasteiger charge is -2.11. The van der Waals surface area contributed by atoms with Crippen LogP contribution in [0.4, 0.5) is 0 Å². The van der Waals surface area contributed by atoms with Crippen molar-refractivity contribution in [2.24, 2.45) is 5.73 Å². The Morgan fingerprint density at radius 2 is 1.68 bits per heavy atom. The van der Waals surface area contributed by atoms with E-state index in [4.69, 9.17) is 28.9 Å². The SMILES string of the molecule is NC(CCCc1ccc(Cl)c(Cl)c1)c1ccccc1. The average Bonchev–Trinajstić information content (AvgIpc) is 2.43. The van der Waals surface area contributed by atoms with Crippen LogP contribution in [0.1, 0.15) is 30.0 Å². The Morgan fingerprint density at radius 3 is 2.37 bits per heavy atom. The molecule has 0 bridgehead atoms. The van der Waals surface area contributed by atoms with Gasteiger partial charge in [0, 0.05) is 6.04 Å². The summed E-state index contributed by atoms with van der Waals surface area (Å²) in [5.74, 6) is 0. The van der Waals surface area contributed by atoms with Gasteiger partial charge in [0.2, 0.25) is 0 Å². The van der Waals surface area contributed by atoms with Crippen LogP contribution in [0.2, 0.25) is 10.0 Å². The van der Waals surface area contributed by atoms with Crippen LogP contribution >= 0.6 is 23.2 Å². The van der Waals surface area contributed by atoms with Crippen molar-refractivity contribution < 1.29 is 0 Å². The summed E-state index contributed by atoms with van der Waals surface area (Å²) in [6.45, 7) is 0. The number of aryl methyl sites for hydroxylation is 1. The highest BCUT2D eigenvalue weighted by molar-refractivity contribution is 6.42. The highest BCUT2D eigenvalue weighted by Gasteiger charge is 2.05. The Hall–Kier alpha value is -1.02. The van der Waals surface area contributed by atoms with Crippen LogP contribution < -0.4 is 5.73 Å². The molecule has 2 aromatic carbocycles. The van der Waals surface area contributed by atoms with E-state index in [0.29, 0.717) is 10.0 Å². The van der Waals surface area contributed by atoms with Crippen molar-refractivity contribution in [2.45, 2.75) is 25.3 Å². The normalized spacial score (nSPS) is 12.4. The molecule has 0 fully saturated rings. The molecule has 0 saturated carbocycles. The van der Waals surface area contributed by atoms with E-state index in [0.717, 1.165) is 19.3 Å². The van der Waals surface area contributed by atoms with E-state index in [1.165, 1.54) is 11.1 Å². The van der Waals surface area contributed by atoms with Gasteiger partial charge in [0.05, 0.1) is 10.0 Å². The Bertz CT molecular complexity index is 526. The zero-order valence-electron chi connectivity index (χ0n) is 10.7. The second-order valence-corrected chi connectivity index (χ2v) is 5.47. The van der Waals surface area contributed by atoms with Crippen LogP contribution in [0.5, 0.6) is 0 Å².